The number of carboxylic acids is 2. The number of rotatable bonds is 2. The van der Waals surface area contributed by atoms with E-state index in [-0.39, 0.29) is 13.2 Å². The van der Waals surface area contributed by atoms with Gasteiger partial charge in [0.15, 0.2) is 0 Å². The molecular formula is C8H12O5. The Morgan fingerprint density at radius 3 is 1.69 bits per heavy atom. The molecule has 1 fully saturated rings. The molecule has 5 nitrogen and oxygen atoms in total. The summed E-state index contributed by atoms with van der Waals surface area (Å²) in [6.07, 6.45) is 0.763. The van der Waals surface area contributed by atoms with Crippen LogP contribution in [0.3, 0.4) is 0 Å². The van der Waals surface area contributed by atoms with Crippen molar-refractivity contribution in [1.29, 1.82) is 0 Å². The summed E-state index contributed by atoms with van der Waals surface area (Å²) in [5, 5.41) is 17.3. The zero-order valence-corrected chi connectivity index (χ0v) is 7.10. The summed E-state index contributed by atoms with van der Waals surface area (Å²) in [5.74, 6) is -2.93. The molecule has 0 aromatic heterocycles. The van der Waals surface area contributed by atoms with Gasteiger partial charge in [-0.1, -0.05) is 0 Å². The molecule has 0 aromatic carbocycles. The van der Waals surface area contributed by atoms with Crippen LogP contribution in [0.1, 0.15) is 12.8 Å². The Labute approximate surface area is 75.3 Å². The molecule has 74 valence electrons. The van der Waals surface area contributed by atoms with Gasteiger partial charge in [-0.2, -0.15) is 0 Å². The van der Waals surface area contributed by atoms with E-state index in [4.69, 9.17) is 14.9 Å². The van der Waals surface area contributed by atoms with E-state index in [1.807, 2.05) is 0 Å². The van der Waals surface area contributed by atoms with Crippen molar-refractivity contribution in [2.24, 2.45) is 11.8 Å². The van der Waals surface area contributed by atoms with Gasteiger partial charge in [-0.3, -0.25) is 9.59 Å². The Kier molecular flexibility index (Phi) is 3.25. The number of aliphatic carboxylic acids is 2. The quantitative estimate of drug-likeness (QED) is 0.646. The van der Waals surface area contributed by atoms with Gasteiger partial charge in [-0.25, -0.2) is 0 Å². The number of hydrogen-bond donors (Lipinski definition) is 2. The minimum atomic E-state index is -0.911. The number of carboxylic acid groups (broad SMARTS) is 2. The second-order valence-corrected chi connectivity index (χ2v) is 3.19. The third-order valence-corrected chi connectivity index (χ3v) is 2.20. The monoisotopic (exact) mass is 188 g/mol. The third kappa shape index (κ3) is 2.69. The van der Waals surface area contributed by atoms with Gasteiger partial charge >= 0.3 is 11.9 Å². The predicted octanol–water partition coefficient (Wildman–Crippen LogP) is 0.198. The van der Waals surface area contributed by atoms with E-state index in [1.165, 1.54) is 0 Å². The van der Waals surface area contributed by atoms with Crippen LogP contribution < -0.4 is 0 Å². The highest BCUT2D eigenvalue weighted by atomic mass is 16.5. The smallest absolute Gasteiger partial charge is 0.308 e. The van der Waals surface area contributed by atoms with Crippen molar-refractivity contribution >= 4 is 11.9 Å². The van der Waals surface area contributed by atoms with E-state index in [0.717, 1.165) is 0 Å². The molecule has 0 amide bonds. The van der Waals surface area contributed by atoms with Gasteiger partial charge in [-0.15, -0.1) is 0 Å². The summed E-state index contributed by atoms with van der Waals surface area (Å²) in [4.78, 5) is 21.1. The lowest BCUT2D eigenvalue weighted by Gasteiger charge is -2.06. The zero-order chi connectivity index (χ0) is 9.84. The van der Waals surface area contributed by atoms with Crippen LogP contribution in [0.15, 0.2) is 0 Å². The topological polar surface area (TPSA) is 83.8 Å². The molecule has 1 aliphatic heterocycles. The van der Waals surface area contributed by atoms with Crippen molar-refractivity contribution in [2.45, 2.75) is 12.8 Å². The maximum atomic E-state index is 10.6. The first-order valence-electron chi connectivity index (χ1n) is 4.14. The highest BCUT2D eigenvalue weighted by Crippen LogP contribution is 2.19. The summed E-state index contributed by atoms with van der Waals surface area (Å²) < 4.78 is 4.98. The standard InChI is InChI=1S/C8H12O5/c9-7(10)5-1-2-6(8(11)12)4-13-3-5/h5-6H,1-4H2,(H,9,10)(H,11,12). The molecule has 13 heavy (non-hydrogen) atoms. The van der Waals surface area contributed by atoms with Gasteiger partial charge in [0.2, 0.25) is 0 Å². The van der Waals surface area contributed by atoms with Gasteiger partial charge in [0, 0.05) is 0 Å². The summed E-state index contributed by atoms with van der Waals surface area (Å²) in [7, 11) is 0. The van der Waals surface area contributed by atoms with E-state index >= 15 is 0 Å². The molecule has 1 saturated heterocycles. The van der Waals surface area contributed by atoms with Crippen molar-refractivity contribution in [1.82, 2.24) is 0 Å². The Morgan fingerprint density at radius 2 is 1.38 bits per heavy atom. The molecule has 0 bridgehead atoms. The molecule has 0 radical (unpaired) electrons. The molecule has 2 N–H and O–H groups in total. The third-order valence-electron chi connectivity index (χ3n) is 2.20. The van der Waals surface area contributed by atoms with E-state index in [9.17, 15) is 9.59 Å². The fraction of sp³-hybridized carbons (Fsp3) is 0.750. The predicted molar refractivity (Wildman–Crippen MR) is 42.3 cm³/mol. The fourth-order valence-electron chi connectivity index (χ4n) is 1.31. The molecule has 0 saturated carbocycles. The van der Waals surface area contributed by atoms with Crippen LogP contribution in [0.2, 0.25) is 0 Å². The van der Waals surface area contributed by atoms with Gasteiger partial charge in [0.1, 0.15) is 0 Å². The van der Waals surface area contributed by atoms with Crippen LogP contribution in [-0.2, 0) is 14.3 Å². The average Bonchev–Trinajstić information content (AvgIpc) is 2.27. The Bertz CT molecular complexity index is 191. The first kappa shape index (κ1) is 9.98. The number of carbonyl (C=O) groups is 2. The molecule has 5 heteroatoms. The van der Waals surface area contributed by atoms with E-state index in [1.54, 1.807) is 0 Å². The van der Waals surface area contributed by atoms with Gasteiger partial charge in [-0.05, 0) is 12.8 Å². The van der Waals surface area contributed by atoms with Crippen molar-refractivity contribution in [2.75, 3.05) is 13.2 Å². The lowest BCUT2D eigenvalue weighted by molar-refractivity contribution is -0.143. The summed E-state index contributed by atoms with van der Waals surface area (Å²) >= 11 is 0. The Balaban J connectivity index is 2.48. The highest BCUT2D eigenvalue weighted by molar-refractivity contribution is 5.72. The molecule has 0 aromatic rings. The highest BCUT2D eigenvalue weighted by Gasteiger charge is 2.27. The van der Waals surface area contributed by atoms with E-state index in [0.29, 0.717) is 12.8 Å². The molecule has 1 aliphatic rings. The molecule has 2 atom stereocenters. The Morgan fingerprint density at radius 1 is 1.00 bits per heavy atom. The molecule has 1 rings (SSSR count). The summed E-state index contributed by atoms with van der Waals surface area (Å²) in [6, 6.07) is 0. The van der Waals surface area contributed by atoms with Crippen molar-refractivity contribution in [3.8, 4) is 0 Å². The van der Waals surface area contributed by atoms with Gasteiger partial charge in [0.05, 0.1) is 25.0 Å². The first-order chi connectivity index (χ1) is 6.11. The Hall–Kier alpha value is -1.10. The lowest BCUT2D eigenvalue weighted by atomic mass is 9.98. The second-order valence-electron chi connectivity index (χ2n) is 3.19. The van der Waals surface area contributed by atoms with Crippen LogP contribution in [-0.4, -0.2) is 35.4 Å². The van der Waals surface area contributed by atoms with Crippen LogP contribution >= 0.6 is 0 Å². The van der Waals surface area contributed by atoms with Crippen molar-refractivity contribution in [3.63, 3.8) is 0 Å². The SMILES string of the molecule is O=C(O)C1CCC(C(=O)O)COC1. The van der Waals surface area contributed by atoms with Crippen molar-refractivity contribution < 1.29 is 24.5 Å². The molecule has 0 aliphatic carbocycles. The van der Waals surface area contributed by atoms with Crippen LogP contribution in [0.5, 0.6) is 0 Å². The average molecular weight is 188 g/mol. The van der Waals surface area contributed by atoms with Crippen LogP contribution in [0, 0.1) is 11.8 Å². The molecular weight excluding hydrogens is 176 g/mol. The summed E-state index contributed by atoms with van der Waals surface area (Å²) in [6.45, 7) is 0.248. The van der Waals surface area contributed by atoms with E-state index < -0.39 is 23.8 Å². The number of hydrogen-bond acceptors (Lipinski definition) is 3. The minimum Gasteiger partial charge on any atom is -0.481 e. The minimum absolute atomic E-state index is 0.124. The van der Waals surface area contributed by atoms with Crippen LogP contribution in [0.4, 0.5) is 0 Å². The number of ether oxygens (including phenoxy) is 1. The summed E-state index contributed by atoms with van der Waals surface area (Å²) in [5.41, 5.74) is 0. The molecule has 0 spiro atoms. The maximum absolute atomic E-state index is 10.6. The molecule has 2 unspecified atom stereocenters. The normalized spacial score (nSPS) is 29.2. The zero-order valence-electron chi connectivity index (χ0n) is 7.10. The largest absolute Gasteiger partial charge is 0.481 e. The first-order valence-corrected chi connectivity index (χ1v) is 4.14. The molecule has 1 heterocycles. The van der Waals surface area contributed by atoms with Crippen molar-refractivity contribution in [3.05, 3.63) is 0 Å². The lowest BCUT2D eigenvalue weighted by Crippen LogP contribution is -2.17. The maximum Gasteiger partial charge on any atom is 0.308 e. The van der Waals surface area contributed by atoms with Gasteiger partial charge in [0.25, 0.3) is 0 Å². The second kappa shape index (κ2) is 4.23. The van der Waals surface area contributed by atoms with Crippen LogP contribution in [0.25, 0.3) is 0 Å². The van der Waals surface area contributed by atoms with Gasteiger partial charge < -0.3 is 14.9 Å². The fourth-order valence-corrected chi connectivity index (χ4v) is 1.31. The van der Waals surface area contributed by atoms with E-state index in [2.05, 4.69) is 0 Å².